The summed E-state index contributed by atoms with van der Waals surface area (Å²) in [4.78, 5) is 4.82. The molecule has 0 spiro atoms. The summed E-state index contributed by atoms with van der Waals surface area (Å²) >= 11 is 5.07. The van der Waals surface area contributed by atoms with E-state index in [9.17, 15) is 0 Å². The predicted molar refractivity (Wildman–Crippen MR) is 87.9 cm³/mol. The molecule has 2 heterocycles. The fourth-order valence-electron chi connectivity index (χ4n) is 2.47. The Hall–Kier alpha value is -2.14. The molecular weight excluding hydrogens is 282 g/mol. The van der Waals surface area contributed by atoms with E-state index in [0.29, 0.717) is 11.5 Å². The van der Waals surface area contributed by atoms with Crippen molar-refractivity contribution in [3.63, 3.8) is 0 Å². The Morgan fingerprint density at radius 2 is 2.19 bits per heavy atom. The van der Waals surface area contributed by atoms with Crippen LogP contribution < -0.4 is 15.8 Å². The molecule has 1 aromatic carbocycles. The molecule has 0 aliphatic carbocycles. The molecule has 0 amide bonds. The van der Waals surface area contributed by atoms with Gasteiger partial charge < -0.3 is 15.8 Å². The molecule has 108 valence electrons. The van der Waals surface area contributed by atoms with Gasteiger partial charge in [-0.05, 0) is 30.7 Å². The van der Waals surface area contributed by atoms with Crippen molar-refractivity contribution in [3.05, 3.63) is 53.2 Å². The summed E-state index contributed by atoms with van der Waals surface area (Å²) in [6, 6.07) is 11.9. The normalized spacial score (nSPS) is 16.1. The number of hydrogen-bond donors (Lipinski definition) is 2. The Bertz CT molecular complexity index is 662. The van der Waals surface area contributed by atoms with Gasteiger partial charge in [0.2, 0.25) is 0 Å². The summed E-state index contributed by atoms with van der Waals surface area (Å²) in [6.45, 7) is 2.61. The molecule has 1 aliphatic heterocycles. The smallest absolute Gasteiger partial charge is 0.136 e. The largest absolute Gasteiger partial charge is 0.488 e. The summed E-state index contributed by atoms with van der Waals surface area (Å²) in [5, 5.41) is 3.31. The summed E-state index contributed by atoms with van der Waals surface area (Å²) in [5.74, 6) is 1.69. The Morgan fingerprint density at radius 1 is 1.38 bits per heavy atom. The highest BCUT2D eigenvalue weighted by molar-refractivity contribution is 7.80. The number of anilines is 1. The zero-order valence-corrected chi connectivity index (χ0v) is 12.6. The van der Waals surface area contributed by atoms with Crippen molar-refractivity contribution >= 4 is 23.0 Å². The van der Waals surface area contributed by atoms with Crippen LogP contribution in [0.25, 0.3) is 0 Å². The molecular formula is C16H17N3OS. The van der Waals surface area contributed by atoms with E-state index < -0.39 is 0 Å². The van der Waals surface area contributed by atoms with Gasteiger partial charge in [0.15, 0.2) is 0 Å². The van der Waals surface area contributed by atoms with Crippen LogP contribution in [0.1, 0.15) is 16.8 Å². The van der Waals surface area contributed by atoms with Crippen LogP contribution in [0.4, 0.5) is 5.82 Å². The van der Waals surface area contributed by atoms with Gasteiger partial charge >= 0.3 is 0 Å². The Labute approximate surface area is 129 Å². The van der Waals surface area contributed by atoms with Gasteiger partial charge in [-0.15, -0.1) is 0 Å². The number of aryl methyl sites for hydroxylation is 1. The number of pyridine rings is 1. The first kappa shape index (κ1) is 13.8. The van der Waals surface area contributed by atoms with Crippen molar-refractivity contribution in [2.45, 2.75) is 19.4 Å². The standard InChI is InChI=1S/C16H17N3OS/c1-10-6-7-13(15(17)21)16(19-10)18-9-12-8-11-4-2-3-5-14(11)20-12/h2-7,12H,8-9H2,1H3,(H2,17,21)(H,18,19). The summed E-state index contributed by atoms with van der Waals surface area (Å²) in [5.41, 5.74) is 8.68. The lowest BCUT2D eigenvalue weighted by Gasteiger charge is -2.15. The van der Waals surface area contributed by atoms with Gasteiger partial charge in [-0.25, -0.2) is 4.98 Å². The average Bonchev–Trinajstić information content (AvgIpc) is 2.87. The van der Waals surface area contributed by atoms with Crippen molar-refractivity contribution < 1.29 is 4.74 Å². The molecule has 1 aliphatic rings. The molecule has 4 nitrogen and oxygen atoms in total. The Morgan fingerprint density at radius 3 is 2.95 bits per heavy atom. The van der Waals surface area contributed by atoms with Gasteiger partial charge in [0.1, 0.15) is 22.7 Å². The van der Waals surface area contributed by atoms with Crippen molar-refractivity contribution in [2.75, 3.05) is 11.9 Å². The minimum absolute atomic E-state index is 0.101. The summed E-state index contributed by atoms with van der Waals surface area (Å²) < 4.78 is 5.90. The van der Waals surface area contributed by atoms with E-state index in [1.165, 1.54) is 5.56 Å². The fourth-order valence-corrected chi connectivity index (χ4v) is 2.63. The number of rotatable bonds is 4. The molecule has 2 aromatic rings. The van der Waals surface area contributed by atoms with E-state index in [1.807, 2.05) is 37.3 Å². The fraction of sp³-hybridized carbons (Fsp3) is 0.250. The minimum Gasteiger partial charge on any atom is -0.488 e. The molecule has 0 fully saturated rings. The number of aromatic nitrogens is 1. The summed E-state index contributed by atoms with van der Waals surface area (Å²) in [6.07, 6.45) is 1.00. The molecule has 1 atom stereocenters. The number of thiocarbonyl (C=S) groups is 1. The van der Waals surface area contributed by atoms with Gasteiger partial charge in [0, 0.05) is 12.1 Å². The first-order valence-corrected chi connectivity index (χ1v) is 7.30. The number of benzene rings is 1. The lowest BCUT2D eigenvalue weighted by molar-refractivity contribution is 0.246. The van der Waals surface area contributed by atoms with Gasteiger partial charge in [-0.2, -0.15) is 0 Å². The zero-order chi connectivity index (χ0) is 14.8. The second kappa shape index (κ2) is 5.69. The van der Waals surface area contributed by atoms with E-state index in [2.05, 4.69) is 16.4 Å². The van der Waals surface area contributed by atoms with Crippen molar-refractivity contribution in [1.82, 2.24) is 4.98 Å². The van der Waals surface area contributed by atoms with Crippen LogP contribution in [0.15, 0.2) is 36.4 Å². The molecule has 0 saturated carbocycles. The highest BCUT2D eigenvalue weighted by Crippen LogP contribution is 2.28. The van der Waals surface area contributed by atoms with E-state index in [4.69, 9.17) is 22.7 Å². The number of hydrogen-bond acceptors (Lipinski definition) is 4. The number of nitrogens with zero attached hydrogens (tertiary/aromatic N) is 1. The lowest BCUT2D eigenvalue weighted by Crippen LogP contribution is -2.26. The van der Waals surface area contributed by atoms with Crippen LogP contribution in [-0.4, -0.2) is 22.6 Å². The quantitative estimate of drug-likeness (QED) is 0.849. The van der Waals surface area contributed by atoms with Crippen LogP contribution in [0.2, 0.25) is 0 Å². The SMILES string of the molecule is Cc1ccc(C(N)=S)c(NCC2Cc3ccccc3O2)n1. The maximum Gasteiger partial charge on any atom is 0.136 e. The van der Waals surface area contributed by atoms with Crippen LogP contribution >= 0.6 is 12.2 Å². The van der Waals surface area contributed by atoms with Crippen LogP contribution in [0.5, 0.6) is 5.75 Å². The van der Waals surface area contributed by atoms with E-state index in [0.717, 1.165) is 29.2 Å². The van der Waals surface area contributed by atoms with Crippen LogP contribution in [0, 0.1) is 6.92 Å². The molecule has 3 N–H and O–H groups in total. The maximum absolute atomic E-state index is 5.90. The van der Waals surface area contributed by atoms with Gasteiger partial charge in [0.05, 0.1) is 12.1 Å². The summed E-state index contributed by atoms with van der Waals surface area (Å²) in [7, 11) is 0. The van der Waals surface area contributed by atoms with Gasteiger partial charge in [-0.3, -0.25) is 0 Å². The highest BCUT2D eigenvalue weighted by atomic mass is 32.1. The Kier molecular flexibility index (Phi) is 3.75. The second-order valence-corrected chi connectivity index (χ2v) is 5.59. The maximum atomic E-state index is 5.90. The molecule has 0 saturated heterocycles. The molecule has 1 aromatic heterocycles. The van der Waals surface area contributed by atoms with E-state index >= 15 is 0 Å². The lowest BCUT2D eigenvalue weighted by atomic mass is 10.1. The highest BCUT2D eigenvalue weighted by Gasteiger charge is 2.22. The molecule has 0 bridgehead atoms. The van der Waals surface area contributed by atoms with E-state index in [-0.39, 0.29) is 6.10 Å². The van der Waals surface area contributed by atoms with Crippen molar-refractivity contribution in [3.8, 4) is 5.75 Å². The van der Waals surface area contributed by atoms with Gasteiger partial charge in [0.25, 0.3) is 0 Å². The third kappa shape index (κ3) is 2.97. The molecule has 5 heteroatoms. The Balaban J connectivity index is 1.69. The first-order chi connectivity index (χ1) is 10.1. The van der Waals surface area contributed by atoms with Crippen molar-refractivity contribution in [2.24, 2.45) is 5.73 Å². The zero-order valence-electron chi connectivity index (χ0n) is 11.8. The minimum atomic E-state index is 0.101. The average molecular weight is 299 g/mol. The van der Waals surface area contributed by atoms with Crippen molar-refractivity contribution in [1.29, 1.82) is 0 Å². The number of nitrogens with two attached hydrogens (primary N) is 1. The number of nitrogens with one attached hydrogen (secondary N) is 1. The third-order valence-corrected chi connectivity index (χ3v) is 3.73. The number of fused-ring (bicyclic) bond motifs is 1. The number of para-hydroxylation sites is 1. The van der Waals surface area contributed by atoms with Crippen LogP contribution in [0.3, 0.4) is 0 Å². The van der Waals surface area contributed by atoms with Gasteiger partial charge in [-0.1, -0.05) is 30.4 Å². The van der Waals surface area contributed by atoms with E-state index in [1.54, 1.807) is 0 Å². The molecule has 21 heavy (non-hydrogen) atoms. The number of ether oxygens (including phenoxy) is 1. The van der Waals surface area contributed by atoms with Crippen LogP contribution in [-0.2, 0) is 6.42 Å². The monoisotopic (exact) mass is 299 g/mol. The molecule has 0 radical (unpaired) electrons. The topological polar surface area (TPSA) is 60.2 Å². The molecule has 1 unspecified atom stereocenters. The first-order valence-electron chi connectivity index (χ1n) is 6.89. The molecule has 3 rings (SSSR count). The predicted octanol–water partition coefficient (Wildman–Crippen LogP) is 2.44. The second-order valence-electron chi connectivity index (χ2n) is 5.15. The third-order valence-electron chi connectivity index (χ3n) is 3.51.